The number of nitrogen functional groups attached to an aromatic ring is 1. The van der Waals surface area contributed by atoms with Crippen LogP contribution < -0.4 is 11.1 Å². The molecule has 9 nitrogen and oxygen atoms in total. The number of likely N-dealkylation sites (tertiary alicyclic amines) is 1. The smallest absolute Gasteiger partial charge is 0.313 e. The number of hydrogen-bond acceptors (Lipinski definition) is 6. The predicted octanol–water partition coefficient (Wildman–Crippen LogP) is 2.52. The van der Waals surface area contributed by atoms with Gasteiger partial charge in [0.15, 0.2) is 0 Å². The second-order valence-electron chi connectivity index (χ2n) is 8.70. The fourth-order valence-corrected chi connectivity index (χ4v) is 4.72. The molecule has 32 heavy (non-hydrogen) atoms. The van der Waals surface area contributed by atoms with Crippen molar-refractivity contribution >= 4 is 34.2 Å². The summed E-state index contributed by atoms with van der Waals surface area (Å²) < 4.78 is 7.27. The van der Waals surface area contributed by atoms with E-state index in [1.54, 1.807) is 4.90 Å². The number of carbonyl (C=O) groups is 2. The molecule has 4 heterocycles. The molecule has 1 unspecified atom stereocenters. The number of nitrogens with one attached hydrogen (secondary N) is 1. The summed E-state index contributed by atoms with van der Waals surface area (Å²) in [5.41, 5.74) is 9.97. The minimum Gasteiger partial charge on any atom is -0.383 e. The highest BCUT2D eigenvalue weighted by Gasteiger charge is 2.35. The number of ether oxygens (including phenoxy) is 1. The lowest BCUT2D eigenvalue weighted by Crippen LogP contribution is -2.46. The monoisotopic (exact) mass is 434 g/mol. The van der Waals surface area contributed by atoms with Crippen LogP contribution >= 0.6 is 0 Å². The molecule has 3 N–H and O–H groups in total. The number of anilines is 2. The van der Waals surface area contributed by atoms with Gasteiger partial charge in [0.25, 0.3) is 0 Å². The Morgan fingerprint density at radius 1 is 1.19 bits per heavy atom. The Labute approximate surface area is 185 Å². The fourth-order valence-electron chi connectivity index (χ4n) is 4.72. The molecular formula is C23H26N6O3. The molecule has 5 rings (SSSR count). The number of pyridine rings is 1. The van der Waals surface area contributed by atoms with Crippen molar-refractivity contribution in [2.24, 2.45) is 13.0 Å². The first kappa shape index (κ1) is 20.4. The molecule has 2 aromatic heterocycles. The molecule has 0 saturated carbocycles. The van der Waals surface area contributed by atoms with Crippen LogP contribution in [0.2, 0.25) is 0 Å². The molecule has 166 valence electrons. The van der Waals surface area contributed by atoms with Crippen molar-refractivity contribution in [1.82, 2.24) is 19.7 Å². The van der Waals surface area contributed by atoms with E-state index < -0.39 is 11.8 Å². The maximum Gasteiger partial charge on any atom is 0.313 e. The summed E-state index contributed by atoms with van der Waals surface area (Å²) in [7, 11) is 1.90. The van der Waals surface area contributed by atoms with E-state index in [4.69, 9.17) is 10.5 Å². The van der Waals surface area contributed by atoms with Gasteiger partial charge in [0.05, 0.1) is 42.9 Å². The van der Waals surface area contributed by atoms with Crippen molar-refractivity contribution in [1.29, 1.82) is 0 Å². The summed E-state index contributed by atoms with van der Waals surface area (Å²) in [4.78, 5) is 32.1. The Morgan fingerprint density at radius 2 is 2.00 bits per heavy atom. The maximum absolute atomic E-state index is 13.3. The average Bonchev–Trinajstić information content (AvgIpc) is 3.43. The van der Waals surface area contributed by atoms with Gasteiger partial charge in [0.1, 0.15) is 5.82 Å². The maximum atomic E-state index is 13.3. The second-order valence-corrected chi connectivity index (χ2v) is 8.70. The second kappa shape index (κ2) is 7.90. The zero-order valence-corrected chi connectivity index (χ0v) is 18.2. The Balaban J connectivity index is 1.41. The van der Waals surface area contributed by atoms with E-state index in [9.17, 15) is 9.59 Å². The van der Waals surface area contributed by atoms with Gasteiger partial charge in [-0.15, -0.1) is 0 Å². The molecule has 1 fully saturated rings. The van der Waals surface area contributed by atoms with Gasteiger partial charge in [-0.1, -0.05) is 13.0 Å². The van der Waals surface area contributed by atoms with Crippen LogP contribution in [0.3, 0.4) is 0 Å². The highest BCUT2D eigenvalue weighted by molar-refractivity contribution is 6.39. The highest BCUT2D eigenvalue weighted by atomic mass is 16.5. The number of fused-ring (bicyclic) bond motifs is 2. The quantitative estimate of drug-likeness (QED) is 0.599. The van der Waals surface area contributed by atoms with Crippen molar-refractivity contribution in [2.75, 3.05) is 17.6 Å². The minimum atomic E-state index is -0.674. The van der Waals surface area contributed by atoms with Crippen LogP contribution in [-0.2, 0) is 34.6 Å². The number of piperidine rings is 1. The SMILES string of the molecule is C[C@@H]1CCC(c2ccc3c(cnn3C)c2)N(C(=O)C(=O)Nc2cnc(N)c3c2COC3)C1. The van der Waals surface area contributed by atoms with Crippen LogP contribution in [0.1, 0.15) is 42.5 Å². The summed E-state index contributed by atoms with van der Waals surface area (Å²) >= 11 is 0. The predicted molar refractivity (Wildman–Crippen MR) is 119 cm³/mol. The van der Waals surface area contributed by atoms with Gasteiger partial charge in [-0.2, -0.15) is 5.10 Å². The first-order valence-electron chi connectivity index (χ1n) is 10.8. The summed E-state index contributed by atoms with van der Waals surface area (Å²) in [6.45, 7) is 3.32. The number of aromatic nitrogens is 3. The Kier molecular flexibility index (Phi) is 5.05. The number of aryl methyl sites for hydroxylation is 1. The van der Waals surface area contributed by atoms with Crippen LogP contribution in [0.4, 0.5) is 11.5 Å². The number of benzene rings is 1. The third kappa shape index (κ3) is 3.48. The van der Waals surface area contributed by atoms with Gasteiger partial charge in [-0.25, -0.2) is 4.98 Å². The van der Waals surface area contributed by atoms with Gasteiger partial charge in [-0.05, 0) is 36.5 Å². The molecule has 2 aliphatic heterocycles. The molecule has 9 heteroatoms. The van der Waals surface area contributed by atoms with E-state index in [-0.39, 0.29) is 6.04 Å². The lowest BCUT2D eigenvalue weighted by Gasteiger charge is -2.38. The number of nitrogens with zero attached hydrogens (tertiary/aromatic N) is 4. The van der Waals surface area contributed by atoms with E-state index in [0.717, 1.165) is 40.4 Å². The minimum absolute atomic E-state index is 0.160. The van der Waals surface area contributed by atoms with Crippen molar-refractivity contribution in [3.05, 3.63) is 47.3 Å². The number of hydrogen-bond donors (Lipinski definition) is 2. The normalized spacial score (nSPS) is 20.4. The van der Waals surface area contributed by atoms with Gasteiger partial charge >= 0.3 is 11.8 Å². The first-order valence-corrected chi connectivity index (χ1v) is 10.8. The average molecular weight is 435 g/mol. The Bertz CT molecular complexity index is 1220. The first-order chi connectivity index (χ1) is 15.4. The molecule has 0 aliphatic carbocycles. The third-order valence-corrected chi connectivity index (χ3v) is 6.50. The summed E-state index contributed by atoms with van der Waals surface area (Å²) in [6.07, 6.45) is 5.10. The zero-order chi connectivity index (χ0) is 22.4. The topological polar surface area (TPSA) is 115 Å². The standard InChI is InChI=1S/C23H26N6O3/c1-13-3-5-20(14-4-6-19-15(7-14)8-26-28(19)2)29(10-13)23(31)22(30)27-18-9-25-21(24)17-12-32-11-16(17)18/h4,6-9,13,20H,3,5,10-12H2,1-2H3,(H2,24,25)(H,27,30)/t13-,20?/m1/s1. The van der Waals surface area contributed by atoms with Gasteiger partial charge in [0.2, 0.25) is 0 Å². The molecular weight excluding hydrogens is 408 g/mol. The molecule has 0 bridgehead atoms. The molecule has 1 aromatic carbocycles. The Hall–Kier alpha value is -3.46. The van der Waals surface area contributed by atoms with E-state index in [1.807, 2.05) is 30.1 Å². The van der Waals surface area contributed by atoms with Crippen molar-refractivity contribution in [2.45, 2.75) is 39.0 Å². The van der Waals surface area contributed by atoms with E-state index in [0.29, 0.717) is 37.2 Å². The molecule has 0 spiro atoms. The molecule has 0 radical (unpaired) electrons. The van der Waals surface area contributed by atoms with Crippen LogP contribution in [0.25, 0.3) is 10.9 Å². The lowest BCUT2D eigenvalue weighted by atomic mass is 9.89. The van der Waals surface area contributed by atoms with Crippen LogP contribution in [0.5, 0.6) is 0 Å². The molecule has 2 atom stereocenters. The zero-order valence-electron chi connectivity index (χ0n) is 18.2. The van der Waals surface area contributed by atoms with Crippen LogP contribution in [0.15, 0.2) is 30.6 Å². The van der Waals surface area contributed by atoms with Crippen LogP contribution in [-0.4, -0.2) is 38.0 Å². The molecule has 1 saturated heterocycles. The summed E-state index contributed by atoms with van der Waals surface area (Å²) in [5, 5.41) is 8.07. The largest absolute Gasteiger partial charge is 0.383 e. The van der Waals surface area contributed by atoms with Crippen molar-refractivity contribution < 1.29 is 14.3 Å². The van der Waals surface area contributed by atoms with Crippen molar-refractivity contribution in [3.8, 4) is 0 Å². The summed E-state index contributed by atoms with van der Waals surface area (Å²) in [5.74, 6) is -0.511. The molecule has 2 aliphatic rings. The van der Waals surface area contributed by atoms with Gasteiger partial charge in [0, 0.05) is 30.1 Å². The van der Waals surface area contributed by atoms with E-state index in [2.05, 4.69) is 28.4 Å². The number of rotatable bonds is 2. The molecule has 3 aromatic rings. The summed E-state index contributed by atoms with van der Waals surface area (Å²) in [6, 6.07) is 5.95. The van der Waals surface area contributed by atoms with E-state index >= 15 is 0 Å². The van der Waals surface area contributed by atoms with E-state index in [1.165, 1.54) is 6.20 Å². The molecule has 2 amide bonds. The van der Waals surface area contributed by atoms with Gasteiger partial charge in [-0.3, -0.25) is 14.3 Å². The van der Waals surface area contributed by atoms with Gasteiger partial charge < -0.3 is 20.7 Å². The number of amides is 2. The number of nitrogens with two attached hydrogens (primary N) is 1. The third-order valence-electron chi connectivity index (χ3n) is 6.50. The number of carbonyl (C=O) groups excluding carboxylic acids is 2. The highest BCUT2D eigenvalue weighted by Crippen LogP contribution is 2.35. The Morgan fingerprint density at radius 3 is 2.84 bits per heavy atom. The van der Waals surface area contributed by atoms with Crippen molar-refractivity contribution in [3.63, 3.8) is 0 Å². The fraction of sp³-hybridized carbons (Fsp3) is 0.391. The lowest BCUT2D eigenvalue weighted by molar-refractivity contribution is -0.146. The van der Waals surface area contributed by atoms with Crippen LogP contribution in [0, 0.1) is 5.92 Å².